The van der Waals surface area contributed by atoms with Crippen molar-refractivity contribution in [2.45, 2.75) is 6.54 Å². The van der Waals surface area contributed by atoms with Crippen LogP contribution in [0.2, 0.25) is 0 Å². The van der Waals surface area contributed by atoms with Crippen LogP contribution < -0.4 is 10.1 Å². The third-order valence-corrected chi connectivity index (χ3v) is 2.60. The summed E-state index contributed by atoms with van der Waals surface area (Å²) in [5.74, 6) is 0.826. The molecule has 0 saturated heterocycles. The molecule has 2 aromatic rings. The Morgan fingerprint density at radius 1 is 1.33 bits per heavy atom. The van der Waals surface area contributed by atoms with Crippen molar-refractivity contribution in [3.8, 4) is 11.8 Å². The Hall–Kier alpha value is -2.54. The van der Waals surface area contributed by atoms with E-state index < -0.39 is 0 Å². The maximum absolute atomic E-state index is 8.97. The van der Waals surface area contributed by atoms with Crippen LogP contribution in [0.5, 0.6) is 5.75 Å². The van der Waals surface area contributed by atoms with Crippen LogP contribution in [0.1, 0.15) is 11.1 Å². The average molecular weight is 239 g/mol. The van der Waals surface area contributed by atoms with Gasteiger partial charge in [-0.2, -0.15) is 5.26 Å². The fraction of sp³-hybridized carbons (Fsp3) is 0.143. The minimum atomic E-state index is 0.583. The predicted molar refractivity (Wildman–Crippen MR) is 69.3 cm³/mol. The number of nitriles is 1. The molecule has 0 saturated carbocycles. The first kappa shape index (κ1) is 11.9. The molecule has 0 atom stereocenters. The van der Waals surface area contributed by atoms with Crippen LogP contribution in [0.15, 0.2) is 42.7 Å². The summed E-state index contributed by atoms with van der Waals surface area (Å²) in [5, 5.41) is 12.2. The number of ether oxygens (including phenoxy) is 1. The van der Waals surface area contributed by atoms with E-state index in [-0.39, 0.29) is 0 Å². The fourth-order valence-electron chi connectivity index (χ4n) is 1.67. The van der Waals surface area contributed by atoms with Gasteiger partial charge in [0.1, 0.15) is 11.8 Å². The predicted octanol–water partition coefficient (Wildman–Crippen LogP) is 2.57. The molecule has 1 heterocycles. The maximum atomic E-state index is 8.97. The van der Waals surface area contributed by atoms with Gasteiger partial charge in [0.25, 0.3) is 0 Å². The Labute approximate surface area is 106 Å². The van der Waals surface area contributed by atoms with Gasteiger partial charge in [0.2, 0.25) is 0 Å². The van der Waals surface area contributed by atoms with E-state index in [1.807, 2.05) is 24.3 Å². The summed E-state index contributed by atoms with van der Waals surface area (Å²) in [5.41, 5.74) is 2.35. The molecule has 0 aliphatic carbocycles. The third-order valence-electron chi connectivity index (χ3n) is 2.60. The lowest BCUT2D eigenvalue weighted by Crippen LogP contribution is -2.03. The van der Waals surface area contributed by atoms with E-state index in [0.29, 0.717) is 12.1 Å². The highest BCUT2D eigenvalue weighted by atomic mass is 16.5. The number of nitrogens with one attached hydrogen (secondary N) is 1. The number of hydrogen-bond donors (Lipinski definition) is 1. The number of para-hydroxylation sites is 1. The first-order valence-electron chi connectivity index (χ1n) is 5.55. The van der Waals surface area contributed by atoms with Crippen LogP contribution >= 0.6 is 0 Å². The highest BCUT2D eigenvalue weighted by Crippen LogP contribution is 2.19. The average Bonchev–Trinajstić information content (AvgIpc) is 2.45. The van der Waals surface area contributed by atoms with E-state index in [9.17, 15) is 0 Å². The van der Waals surface area contributed by atoms with Gasteiger partial charge in [-0.25, -0.2) is 0 Å². The number of pyridine rings is 1. The van der Waals surface area contributed by atoms with Crippen molar-refractivity contribution in [1.29, 1.82) is 5.26 Å². The molecular weight excluding hydrogens is 226 g/mol. The normalized spacial score (nSPS) is 9.56. The number of rotatable bonds is 4. The second kappa shape index (κ2) is 5.69. The summed E-state index contributed by atoms with van der Waals surface area (Å²) >= 11 is 0. The first-order valence-corrected chi connectivity index (χ1v) is 5.55. The quantitative estimate of drug-likeness (QED) is 0.890. The van der Waals surface area contributed by atoms with E-state index in [1.165, 1.54) is 0 Å². The summed E-state index contributed by atoms with van der Waals surface area (Å²) in [6.07, 6.45) is 3.25. The molecule has 18 heavy (non-hydrogen) atoms. The number of aromatic nitrogens is 1. The molecule has 0 aliphatic rings. The van der Waals surface area contributed by atoms with Crippen molar-refractivity contribution in [2.24, 2.45) is 0 Å². The molecule has 2 rings (SSSR count). The minimum absolute atomic E-state index is 0.583. The number of anilines is 1. The number of nitrogens with zero attached hydrogens (tertiary/aromatic N) is 2. The van der Waals surface area contributed by atoms with Crippen LogP contribution in [0.4, 0.5) is 5.69 Å². The van der Waals surface area contributed by atoms with Gasteiger partial charge in [-0.15, -0.1) is 0 Å². The van der Waals surface area contributed by atoms with Gasteiger partial charge in [0, 0.05) is 18.3 Å². The van der Waals surface area contributed by atoms with Gasteiger partial charge in [-0.05, 0) is 12.1 Å². The molecule has 4 nitrogen and oxygen atoms in total. The van der Waals surface area contributed by atoms with Gasteiger partial charge in [0.15, 0.2) is 0 Å². The van der Waals surface area contributed by atoms with Crippen LogP contribution in [-0.4, -0.2) is 12.1 Å². The van der Waals surface area contributed by atoms with E-state index in [4.69, 9.17) is 10.00 Å². The van der Waals surface area contributed by atoms with Crippen molar-refractivity contribution in [2.75, 3.05) is 12.4 Å². The molecule has 90 valence electrons. The van der Waals surface area contributed by atoms with Gasteiger partial charge >= 0.3 is 0 Å². The SMILES string of the molecule is COc1ccccc1CNc1cnccc1C#N. The number of hydrogen-bond acceptors (Lipinski definition) is 4. The Kier molecular flexibility index (Phi) is 3.77. The van der Waals surface area contributed by atoms with Crippen molar-refractivity contribution in [3.63, 3.8) is 0 Å². The van der Waals surface area contributed by atoms with Gasteiger partial charge < -0.3 is 10.1 Å². The molecule has 0 radical (unpaired) electrons. The van der Waals surface area contributed by atoms with E-state index in [1.54, 1.807) is 25.6 Å². The van der Waals surface area contributed by atoms with E-state index >= 15 is 0 Å². The maximum Gasteiger partial charge on any atom is 0.123 e. The molecule has 0 bridgehead atoms. The molecule has 1 aromatic heterocycles. The lowest BCUT2D eigenvalue weighted by Gasteiger charge is -2.10. The zero-order valence-electron chi connectivity index (χ0n) is 10.1. The molecule has 0 unspecified atom stereocenters. The topological polar surface area (TPSA) is 57.9 Å². The highest BCUT2D eigenvalue weighted by molar-refractivity contribution is 5.55. The standard InChI is InChI=1S/C14H13N3O/c1-18-14-5-3-2-4-12(14)9-17-13-10-16-7-6-11(13)8-15/h2-7,10,17H,9H2,1H3. The molecule has 1 N–H and O–H groups in total. The third kappa shape index (κ3) is 2.58. The Balaban J connectivity index is 2.14. The second-order valence-electron chi connectivity index (χ2n) is 3.70. The summed E-state index contributed by atoms with van der Waals surface area (Å²) in [6.45, 7) is 0.588. The molecular formula is C14H13N3O. The summed E-state index contributed by atoms with van der Waals surface area (Å²) in [7, 11) is 1.64. The molecule has 0 amide bonds. The van der Waals surface area contributed by atoms with Gasteiger partial charge in [0.05, 0.1) is 24.6 Å². The number of methoxy groups -OCH3 is 1. The van der Waals surface area contributed by atoms with E-state index in [0.717, 1.165) is 17.0 Å². The lowest BCUT2D eigenvalue weighted by atomic mass is 10.2. The van der Waals surface area contributed by atoms with Gasteiger partial charge in [-0.3, -0.25) is 4.98 Å². The monoisotopic (exact) mass is 239 g/mol. The van der Waals surface area contributed by atoms with Crippen molar-refractivity contribution >= 4 is 5.69 Å². The molecule has 0 fully saturated rings. The Morgan fingerprint density at radius 2 is 2.17 bits per heavy atom. The largest absolute Gasteiger partial charge is 0.496 e. The summed E-state index contributed by atoms with van der Waals surface area (Å²) in [6, 6.07) is 11.6. The Bertz CT molecular complexity index is 575. The minimum Gasteiger partial charge on any atom is -0.496 e. The Morgan fingerprint density at radius 3 is 2.94 bits per heavy atom. The lowest BCUT2D eigenvalue weighted by molar-refractivity contribution is 0.410. The van der Waals surface area contributed by atoms with E-state index in [2.05, 4.69) is 16.4 Å². The van der Waals surface area contributed by atoms with Crippen LogP contribution in [0.25, 0.3) is 0 Å². The molecule has 4 heteroatoms. The summed E-state index contributed by atoms with van der Waals surface area (Å²) < 4.78 is 5.27. The fourth-order valence-corrected chi connectivity index (χ4v) is 1.67. The highest BCUT2D eigenvalue weighted by Gasteiger charge is 2.04. The van der Waals surface area contributed by atoms with Gasteiger partial charge in [-0.1, -0.05) is 18.2 Å². The second-order valence-corrected chi connectivity index (χ2v) is 3.70. The number of benzene rings is 1. The smallest absolute Gasteiger partial charge is 0.123 e. The van der Waals surface area contributed by atoms with Crippen molar-refractivity contribution in [1.82, 2.24) is 4.98 Å². The van der Waals surface area contributed by atoms with Crippen molar-refractivity contribution in [3.05, 3.63) is 53.9 Å². The van der Waals surface area contributed by atoms with Crippen LogP contribution in [-0.2, 0) is 6.54 Å². The van der Waals surface area contributed by atoms with Crippen LogP contribution in [0, 0.1) is 11.3 Å². The summed E-state index contributed by atoms with van der Waals surface area (Å²) in [4.78, 5) is 4.00. The molecule has 0 spiro atoms. The molecule has 1 aromatic carbocycles. The zero-order valence-corrected chi connectivity index (χ0v) is 10.1. The van der Waals surface area contributed by atoms with Crippen molar-refractivity contribution < 1.29 is 4.74 Å². The molecule has 0 aliphatic heterocycles. The van der Waals surface area contributed by atoms with Crippen LogP contribution in [0.3, 0.4) is 0 Å². The first-order chi connectivity index (χ1) is 8.85. The zero-order chi connectivity index (χ0) is 12.8.